The summed E-state index contributed by atoms with van der Waals surface area (Å²) < 4.78 is 42.9. The Morgan fingerprint density at radius 2 is 0.637 bits per heavy atom. The number of benzene rings is 4. The summed E-state index contributed by atoms with van der Waals surface area (Å²) in [5.41, 5.74) is 4.20. The number of methoxy groups -OCH3 is 4. The third kappa shape index (κ3) is 22.9. The van der Waals surface area contributed by atoms with Gasteiger partial charge in [0.15, 0.2) is 11.5 Å². The molecule has 0 bridgehead atoms. The lowest BCUT2D eigenvalue weighted by Gasteiger charge is -2.39. The summed E-state index contributed by atoms with van der Waals surface area (Å²) in [5, 5.41) is 164. The Morgan fingerprint density at radius 1 is 0.319 bits per heavy atom. The fraction of sp³-hybridized carbons (Fsp3) is 0.636. The van der Waals surface area contributed by atoms with E-state index in [0.29, 0.717) is 57.7 Å². The van der Waals surface area contributed by atoms with Crippen LogP contribution in [0, 0.1) is 23.7 Å². The predicted molar refractivity (Wildman–Crippen MR) is 329 cm³/mol. The summed E-state index contributed by atoms with van der Waals surface area (Å²) >= 11 is 0. The smallest absolute Gasteiger partial charge is 0.160 e. The maximum Gasteiger partial charge on any atom is 0.160 e. The van der Waals surface area contributed by atoms with Gasteiger partial charge >= 0.3 is 0 Å². The number of aromatic hydroxyl groups is 1. The first kappa shape index (κ1) is 76.8. The average molecular weight is 1290 g/mol. The second-order valence-corrected chi connectivity index (χ2v) is 23.5. The van der Waals surface area contributed by atoms with Crippen molar-refractivity contribution in [1.29, 1.82) is 0 Å². The van der Waals surface area contributed by atoms with Crippen LogP contribution in [0.2, 0.25) is 0 Å². The minimum absolute atomic E-state index is 0.111. The summed E-state index contributed by atoms with van der Waals surface area (Å²) in [7, 11) is 6.34. The average Bonchev–Trinajstić information content (AvgIpc) is 3.23. The lowest BCUT2D eigenvalue weighted by atomic mass is 9.81. The third-order valence-electron chi connectivity index (χ3n) is 17.4. The number of phenols is 1. The fourth-order valence-electron chi connectivity index (χ4n) is 11.4. The third-order valence-corrected chi connectivity index (χ3v) is 17.4. The number of aliphatic hydroxyl groups is 16. The van der Waals surface area contributed by atoms with Gasteiger partial charge in [-0.15, -0.1) is 0 Å². The van der Waals surface area contributed by atoms with Gasteiger partial charge in [-0.25, -0.2) is 0 Å². The van der Waals surface area contributed by atoms with Gasteiger partial charge in [0.25, 0.3) is 0 Å². The number of aliphatic hydroxyl groups excluding tert-OH is 16. The van der Waals surface area contributed by atoms with Gasteiger partial charge in [0, 0.05) is 63.3 Å². The van der Waals surface area contributed by atoms with Crippen LogP contribution in [0.25, 0.3) is 0 Å². The van der Waals surface area contributed by atoms with E-state index in [1.165, 1.54) is 12.7 Å². The molecule has 0 aliphatic heterocycles. The molecule has 4 aliphatic carbocycles. The highest BCUT2D eigenvalue weighted by molar-refractivity contribution is 5.41. The van der Waals surface area contributed by atoms with Crippen molar-refractivity contribution in [2.45, 2.75) is 168 Å². The van der Waals surface area contributed by atoms with E-state index >= 15 is 0 Å². The molecule has 0 saturated heterocycles. The van der Waals surface area contributed by atoms with Gasteiger partial charge in [-0.3, -0.25) is 0 Å². The maximum atomic E-state index is 9.99. The zero-order chi connectivity index (χ0) is 66.7. The molecule has 91 heavy (non-hydrogen) atoms. The van der Waals surface area contributed by atoms with Gasteiger partial charge < -0.3 is 125 Å². The first-order chi connectivity index (χ1) is 43.7. The molecule has 4 aliphatic rings. The predicted octanol–water partition coefficient (Wildman–Crippen LogP) is -0.295. The van der Waals surface area contributed by atoms with Crippen LogP contribution >= 0.6 is 0 Å². The second-order valence-electron chi connectivity index (χ2n) is 23.5. The zero-order valence-electron chi connectivity index (χ0n) is 52.3. The first-order valence-corrected chi connectivity index (χ1v) is 31.0. The summed E-state index contributed by atoms with van der Waals surface area (Å²) in [5.74, 6) is 0.965. The molecule has 25 nitrogen and oxygen atoms in total. The Morgan fingerprint density at radius 3 is 1.00 bits per heavy atom. The van der Waals surface area contributed by atoms with E-state index in [-0.39, 0.29) is 38.8 Å². The van der Waals surface area contributed by atoms with Gasteiger partial charge in [-0.1, -0.05) is 42.5 Å². The van der Waals surface area contributed by atoms with Crippen molar-refractivity contribution in [2.75, 3.05) is 74.7 Å². The minimum atomic E-state index is -1.31. The number of rotatable bonds is 26. The van der Waals surface area contributed by atoms with Gasteiger partial charge in [0.1, 0.15) is 66.1 Å². The van der Waals surface area contributed by atoms with Crippen LogP contribution in [-0.4, -0.2) is 259 Å². The van der Waals surface area contributed by atoms with Gasteiger partial charge in [-0.2, -0.15) is 0 Å². The topological polar surface area (TPSA) is 418 Å². The first-order valence-electron chi connectivity index (χ1n) is 31.0. The monoisotopic (exact) mass is 1290 g/mol. The van der Waals surface area contributed by atoms with Crippen molar-refractivity contribution in [3.8, 4) is 28.7 Å². The van der Waals surface area contributed by atoms with Crippen molar-refractivity contribution in [1.82, 2.24) is 0 Å². The van der Waals surface area contributed by atoms with Crippen LogP contribution in [0.15, 0.2) is 91.0 Å². The van der Waals surface area contributed by atoms with E-state index in [0.717, 1.165) is 66.0 Å². The number of aryl methyl sites for hydroxylation is 2. The van der Waals surface area contributed by atoms with Crippen LogP contribution in [0.1, 0.15) is 67.2 Å². The Labute approximate surface area is 531 Å². The highest BCUT2D eigenvalue weighted by atomic mass is 16.5. The lowest BCUT2D eigenvalue weighted by molar-refractivity contribution is -0.180. The van der Waals surface area contributed by atoms with E-state index in [4.69, 9.17) is 37.9 Å². The van der Waals surface area contributed by atoms with E-state index < -0.39 is 121 Å². The lowest BCUT2D eigenvalue weighted by Crippen LogP contribution is -2.55. The molecule has 4 saturated carbocycles. The Bertz CT molecular complexity index is 2580. The summed E-state index contributed by atoms with van der Waals surface area (Å²) in [6.45, 7) is 0.509. The van der Waals surface area contributed by atoms with Gasteiger partial charge in [0.2, 0.25) is 0 Å². The molecule has 514 valence electrons. The molecule has 0 radical (unpaired) electrons. The number of unbranched alkanes of at least 4 members (excludes halogenated alkanes) is 1. The normalized spacial score (nSPS) is 31.3. The molecule has 20 atom stereocenters. The van der Waals surface area contributed by atoms with E-state index in [9.17, 15) is 86.8 Å². The Hall–Kier alpha value is -4.92. The van der Waals surface area contributed by atoms with E-state index in [2.05, 4.69) is 0 Å². The second kappa shape index (κ2) is 39.7. The van der Waals surface area contributed by atoms with Crippen molar-refractivity contribution in [3.05, 3.63) is 113 Å². The molecule has 0 amide bonds. The molecular formula is C66H100O25. The summed E-state index contributed by atoms with van der Waals surface area (Å²) in [6, 6.07) is 28.0. The fourth-order valence-corrected chi connectivity index (χ4v) is 11.4. The van der Waals surface area contributed by atoms with Crippen molar-refractivity contribution in [3.63, 3.8) is 0 Å². The molecule has 4 fully saturated rings. The molecule has 4 aromatic carbocycles. The van der Waals surface area contributed by atoms with Crippen molar-refractivity contribution in [2.24, 2.45) is 23.7 Å². The van der Waals surface area contributed by atoms with E-state index in [1.54, 1.807) is 33.5 Å². The maximum absolute atomic E-state index is 9.99. The van der Waals surface area contributed by atoms with Crippen molar-refractivity contribution >= 4 is 0 Å². The standard InChI is InChI=1S/C18H28O7.C17H26O6.C16H24O6.C15H22O6/c1-24-14-8-11(5-6-13(14)20)4-2-3-7-25-15-9-12(10-19)16(21)18(23)17(15)22;1-22-13-6-4-11(5-7-13)3-2-8-23-14-9-12(10-18)15(19)17(21)16(14)20;1-21-12-4-2-10(3-5-12)6-7-22-13-8-11(9-17)14(18)16(20)15(13)19;1-20-11-4-2-9(3-5-11)8-21-12-6-10(7-16)13(17)15(19)14(12)18/h5-6,8,12,15-23H,2-4,7,9-10H2,1H3;4-7,12,14-21H,2-3,8-10H2,1H3;2-5,11,13-20H,6-9H2,1H3;2-5,10,12-19H,6-8H2,1H3/t12-,15-,16-,17+,18+;12-,14-,15-,16+,17+;11-,13-,14-,15+,16+;10-,12-,13-,14+,15+/m1111/s1. The number of hydrogen-bond acceptors (Lipinski definition) is 25. The molecule has 0 aromatic heterocycles. The van der Waals surface area contributed by atoms with Crippen LogP contribution in [0.5, 0.6) is 28.7 Å². The Balaban J connectivity index is 0.000000221. The van der Waals surface area contributed by atoms with Crippen molar-refractivity contribution < 1.29 is 125 Å². The highest BCUT2D eigenvalue weighted by Crippen LogP contribution is 2.33. The van der Waals surface area contributed by atoms with Crippen LogP contribution in [0.3, 0.4) is 0 Å². The van der Waals surface area contributed by atoms with Crippen LogP contribution < -0.4 is 18.9 Å². The number of ether oxygens (including phenoxy) is 8. The minimum Gasteiger partial charge on any atom is -0.504 e. The molecule has 17 N–H and O–H groups in total. The highest BCUT2D eigenvalue weighted by Gasteiger charge is 2.46. The van der Waals surface area contributed by atoms with Crippen LogP contribution in [0.4, 0.5) is 0 Å². The molecule has 4 aromatic rings. The summed E-state index contributed by atoms with van der Waals surface area (Å²) in [4.78, 5) is 0. The molecule has 0 spiro atoms. The van der Waals surface area contributed by atoms with Crippen LogP contribution in [-0.2, 0) is 44.8 Å². The number of phenolic OH excluding ortho intramolecular Hbond substituents is 1. The molecule has 0 unspecified atom stereocenters. The quantitative estimate of drug-likeness (QED) is 0.0359. The zero-order valence-corrected chi connectivity index (χ0v) is 52.3. The number of hydrogen-bond donors (Lipinski definition) is 17. The molecule has 0 heterocycles. The van der Waals surface area contributed by atoms with Gasteiger partial charge in [-0.05, 0) is 135 Å². The molecular weight excluding hydrogens is 1190 g/mol. The Kier molecular flexibility index (Phi) is 33.5. The molecule has 8 rings (SSSR count). The van der Waals surface area contributed by atoms with Gasteiger partial charge in [0.05, 0.1) is 90.5 Å². The SMILES string of the molecule is COc1cc(CCCCO[C@@H]2C[C@H](CO)[C@@H](O)[C@H](O)[C@H]2O)ccc1O.COc1ccc(CCCO[C@@H]2C[C@H](CO)[C@@H](O)[C@H](O)[C@H]2O)cc1.COc1ccc(CCO[C@@H]2C[C@H](CO)[C@@H](O)[C@H](O)[C@H]2O)cc1.COc1ccc(CO[C@@H]2C[C@H](CO)[C@@H](O)[C@H](O)[C@H]2O)cc1. The van der Waals surface area contributed by atoms with E-state index in [1.807, 2.05) is 78.9 Å². The largest absolute Gasteiger partial charge is 0.504 e. The summed E-state index contributed by atoms with van der Waals surface area (Å²) in [6.07, 6.45) is -10.7. The molecule has 25 heteroatoms.